The molecule has 0 spiro atoms. The van der Waals surface area contributed by atoms with Gasteiger partial charge in [-0.25, -0.2) is 14.4 Å². The molecule has 0 aromatic rings. The number of rotatable bonds is 0. The molecule has 0 unspecified atom stereocenters. The largest absolute Gasteiger partial charge is 0.503 e. The Morgan fingerprint density at radius 3 is 0.533 bits per heavy atom. The molecule has 0 aromatic heterocycles. The van der Waals surface area contributed by atoms with Gasteiger partial charge in [-0.3, -0.25) is 0 Å². The summed E-state index contributed by atoms with van der Waals surface area (Å²) in [6.07, 6.45) is -5.50. The van der Waals surface area contributed by atoms with Crippen molar-refractivity contribution in [3.63, 3.8) is 0 Å². The van der Waals surface area contributed by atoms with Crippen LogP contribution in [0.1, 0.15) is 0 Å². The summed E-state index contributed by atoms with van der Waals surface area (Å²) in [4.78, 5) is 25.7. The summed E-state index contributed by atoms with van der Waals surface area (Å²) in [6.45, 7) is 0. The summed E-state index contributed by atoms with van der Waals surface area (Å²) in [5.74, 6) is 0. The molecule has 0 saturated heterocycles. The van der Waals surface area contributed by atoms with Crippen LogP contribution in [-0.2, 0) is 0 Å². The maximum atomic E-state index is 8.56. The quantitative estimate of drug-likeness (QED) is 0.247. The molecule has 0 aliphatic rings. The Bertz CT molecular complexity index is 116. The minimum absolute atomic E-state index is 0. The van der Waals surface area contributed by atoms with E-state index < -0.39 is 18.5 Å². The van der Waals surface area contributed by atoms with Crippen LogP contribution in [0.15, 0.2) is 0 Å². The standard InChI is InChI=1S/3CH2O3.2Dy.H2O/c3*2-1(3)4;;;/h3*(H2,2,3,4);;;1H2. The molecule has 0 aliphatic carbocycles. The second-order valence-corrected chi connectivity index (χ2v) is 0.848. The monoisotopic (exact) mass is 532 g/mol. The predicted molar refractivity (Wildman–Crippen MR) is 35.6 cm³/mol. The molecule has 0 rings (SSSR count). The van der Waals surface area contributed by atoms with Crippen LogP contribution in [0, 0.1) is 76.3 Å². The molecule has 15 heavy (non-hydrogen) atoms. The molecule has 0 fully saturated rings. The minimum Gasteiger partial charge on any atom is -0.450 e. The maximum Gasteiger partial charge on any atom is 0.503 e. The molecule has 0 aliphatic heterocycles. The molecule has 12 heteroatoms. The average Bonchev–Trinajstić information content (AvgIpc) is 1.54. The van der Waals surface area contributed by atoms with Gasteiger partial charge in [-0.2, -0.15) is 0 Å². The third-order valence-electron chi connectivity index (χ3n) is 0. The van der Waals surface area contributed by atoms with E-state index in [0.29, 0.717) is 0 Å². The Kier molecular flexibility index (Phi) is 70.5. The van der Waals surface area contributed by atoms with E-state index in [1.807, 2.05) is 0 Å². The van der Waals surface area contributed by atoms with Crippen LogP contribution in [0.5, 0.6) is 0 Å². The van der Waals surface area contributed by atoms with Crippen LogP contribution in [0.4, 0.5) is 14.4 Å². The van der Waals surface area contributed by atoms with Crippen LogP contribution in [0.25, 0.3) is 0 Å². The van der Waals surface area contributed by atoms with Crippen LogP contribution < -0.4 is 0 Å². The summed E-state index contributed by atoms with van der Waals surface area (Å²) in [7, 11) is 0. The van der Waals surface area contributed by atoms with E-state index in [-0.39, 0.29) is 81.8 Å². The molecular formula is C3H8Dy2O10. The Balaban J connectivity index is -0.0000000184. The van der Waals surface area contributed by atoms with Gasteiger partial charge in [0.1, 0.15) is 0 Å². The fourth-order valence-electron chi connectivity index (χ4n) is 0. The Hall–Kier alpha value is 0.315. The van der Waals surface area contributed by atoms with E-state index in [2.05, 4.69) is 0 Å². The van der Waals surface area contributed by atoms with Gasteiger partial charge in [0.2, 0.25) is 0 Å². The maximum absolute atomic E-state index is 8.56. The SMILES string of the molecule is O.O=C(O)O.O=C(O)O.O=C(O)O.[Dy].[Dy]. The Labute approximate surface area is 143 Å². The third kappa shape index (κ3) is 21800. The first kappa shape index (κ1) is 36.2. The second-order valence-electron chi connectivity index (χ2n) is 0.848. The summed E-state index contributed by atoms with van der Waals surface area (Å²) in [5.41, 5.74) is 0. The molecule has 0 aromatic carbocycles. The van der Waals surface area contributed by atoms with Crippen molar-refractivity contribution in [2.45, 2.75) is 0 Å². The van der Waals surface area contributed by atoms with Gasteiger partial charge in [-0.15, -0.1) is 0 Å². The van der Waals surface area contributed by atoms with Crippen molar-refractivity contribution in [2.24, 2.45) is 0 Å². The smallest absolute Gasteiger partial charge is 0.450 e. The van der Waals surface area contributed by atoms with E-state index in [4.69, 9.17) is 45.0 Å². The minimum atomic E-state index is -1.83. The fourth-order valence-corrected chi connectivity index (χ4v) is 0. The number of hydrogen-bond acceptors (Lipinski definition) is 3. The van der Waals surface area contributed by atoms with E-state index in [9.17, 15) is 0 Å². The first-order valence-electron chi connectivity index (χ1n) is 1.95. The average molecular weight is 529 g/mol. The molecule has 0 bridgehead atoms. The molecule has 0 radical (unpaired) electrons. The van der Waals surface area contributed by atoms with Crippen LogP contribution in [0.3, 0.4) is 0 Å². The molecule has 8 N–H and O–H groups in total. The Morgan fingerprint density at radius 2 is 0.533 bits per heavy atom. The van der Waals surface area contributed by atoms with Crippen molar-refractivity contribution in [1.29, 1.82) is 0 Å². The zero-order valence-corrected chi connectivity index (χ0v) is 10.6. The van der Waals surface area contributed by atoms with E-state index >= 15 is 0 Å². The van der Waals surface area contributed by atoms with Gasteiger partial charge in [-0.05, 0) is 0 Å². The molecule has 0 heterocycles. The predicted octanol–water partition coefficient (Wildman–Crippen LogP) is -0.157. The zero-order valence-electron chi connectivity index (χ0n) is 6.54. The molecule has 0 amide bonds. The topological polar surface area (TPSA) is 204 Å². The second kappa shape index (κ2) is 29.2. The van der Waals surface area contributed by atoms with Crippen molar-refractivity contribution in [2.75, 3.05) is 0 Å². The summed E-state index contributed by atoms with van der Waals surface area (Å²) in [5, 5.41) is 41.8. The van der Waals surface area contributed by atoms with Crippen molar-refractivity contribution < 1.29 is 127 Å². The third-order valence-corrected chi connectivity index (χ3v) is 0. The first-order valence-corrected chi connectivity index (χ1v) is 1.95. The summed E-state index contributed by atoms with van der Waals surface area (Å²) in [6, 6.07) is 0. The molecule has 0 atom stereocenters. The van der Waals surface area contributed by atoms with Gasteiger partial charge < -0.3 is 36.1 Å². The summed E-state index contributed by atoms with van der Waals surface area (Å²) < 4.78 is 0. The van der Waals surface area contributed by atoms with Crippen LogP contribution >= 0.6 is 0 Å². The van der Waals surface area contributed by atoms with Crippen molar-refractivity contribution in [3.05, 3.63) is 0 Å². The van der Waals surface area contributed by atoms with Crippen molar-refractivity contribution >= 4 is 18.5 Å². The van der Waals surface area contributed by atoms with Gasteiger partial charge in [-0.1, -0.05) is 0 Å². The molecule has 0 saturated carbocycles. The molecular weight excluding hydrogens is 521 g/mol. The van der Waals surface area contributed by atoms with Gasteiger partial charge >= 0.3 is 18.5 Å². The van der Waals surface area contributed by atoms with Crippen LogP contribution in [0.2, 0.25) is 0 Å². The molecule has 10 nitrogen and oxygen atoms in total. The number of carboxylic acid groups (broad SMARTS) is 6. The fraction of sp³-hybridized carbons (Fsp3) is 0. The van der Waals surface area contributed by atoms with Gasteiger partial charge in [0.25, 0.3) is 0 Å². The number of hydrogen-bond donors (Lipinski definition) is 6. The van der Waals surface area contributed by atoms with E-state index in [0.717, 1.165) is 0 Å². The van der Waals surface area contributed by atoms with Gasteiger partial charge in [0.15, 0.2) is 0 Å². The van der Waals surface area contributed by atoms with Crippen molar-refractivity contribution in [3.8, 4) is 0 Å². The van der Waals surface area contributed by atoms with Gasteiger partial charge in [0.05, 0.1) is 0 Å². The van der Waals surface area contributed by atoms with Crippen molar-refractivity contribution in [1.82, 2.24) is 0 Å². The normalized spacial score (nSPS) is 4.80. The van der Waals surface area contributed by atoms with E-state index in [1.165, 1.54) is 0 Å². The van der Waals surface area contributed by atoms with E-state index in [1.54, 1.807) is 0 Å². The first-order chi connectivity index (χ1) is 5.20. The zero-order chi connectivity index (χ0) is 10.7. The van der Waals surface area contributed by atoms with Crippen LogP contribution in [-0.4, -0.2) is 54.6 Å². The van der Waals surface area contributed by atoms with Gasteiger partial charge in [0, 0.05) is 76.3 Å². The number of carbonyl (C=O) groups is 3. The summed E-state index contributed by atoms with van der Waals surface area (Å²) >= 11 is 0. The Morgan fingerprint density at radius 1 is 0.533 bits per heavy atom. The molecule has 100 valence electrons.